The first-order valence-corrected chi connectivity index (χ1v) is 9.15. The van der Waals surface area contributed by atoms with Crippen LogP contribution in [0.3, 0.4) is 0 Å². The molecule has 25 heavy (non-hydrogen) atoms. The van der Waals surface area contributed by atoms with E-state index in [1.54, 1.807) is 13.8 Å². The predicted molar refractivity (Wildman–Crippen MR) is 89.5 cm³/mol. The number of nitrogens with one attached hydrogen (secondary N) is 2. The van der Waals surface area contributed by atoms with E-state index in [0.29, 0.717) is 18.3 Å². The summed E-state index contributed by atoms with van der Waals surface area (Å²) in [7, 11) is 0. The second-order valence-corrected chi connectivity index (χ2v) is 8.70. The first-order chi connectivity index (χ1) is 11.7. The van der Waals surface area contributed by atoms with E-state index < -0.39 is 30.1 Å². The van der Waals surface area contributed by atoms with Crippen LogP contribution >= 0.6 is 0 Å². The third kappa shape index (κ3) is 4.32. The fourth-order valence-corrected chi connectivity index (χ4v) is 5.57. The summed E-state index contributed by atoms with van der Waals surface area (Å²) < 4.78 is 5.07. The van der Waals surface area contributed by atoms with Crippen LogP contribution in [0.15, 0.2) is 0 Å². The molecule has 0 aromatic heterocycles. The zero-order valence-electron chi connectivity index (χ0n) is 15.0. The lowest BCUT2D eigenvalue weighted by molar-refractivity contribution is -0.177. The Morgan fingerprint density at radius 1 is 1.16 bits per heavy atom. The second-order valence-electron chi connectivity index (χ2n) is 8.70. The average molecular weight is 352 g/mol. The molecule has 0 saturated heterocycles. The number of aliphatic hydroxyl groups is 1. The summed E-state index contributed by atoms with van der Waals surface area (Å²) in [5.74, 6) is -0.0650. The summed E-state index contributed by atoms with van der Waals surface area (Å²) >= 11 is 0. The molecule has 4 atom stereocenters. The zero-order valence-corrected chi connectivity index (χ0v) is 15.0. The van der Waals surface area contributed by atoms with Gasteiger partial charge in [0, 0.05) is 6.04 Å². The van der Waals surface area contributed by atoms with Gasteiger partial charge in [-0.3, -0.25) is 14.9 Å². The van der Waals surface area contributed by atoms with E-state index in [1.807, 2.05) is 0 Å². The van der Waals surface area contributed by atoms with Crippen molar-refractivity contribution in [1.29, 1.82) is 0 Å². The van der Waals surface area contributed by atoms with E-state index in [9.17, 15) is 19.5 Å². The van der Waals surface area contributed by atoms with Gasteiger partial charge < -0.3 is 15.2 Å². The van der Waals surface area contributed by atoms with Crippen LogP contribution in [0.5, 0.6) is 0 Å². The van der Waals surface area contributed by atoms with E-state index in [-0.39, 0.29) is 17.9 Å². The monoisotopic (exact) mass is 352 g/mol. The van der Waals surface area contributed by atoms with E-state index in [4.69, 9.17) is 4.74 Å². The molecule has 2 unspecified atom stereocenters. The Hall–Kier alpha value is -1.63. The molecular weight excluding hydrogens is 324 g/mol. The molecule has 0 spiro atoms. The molecule has 0 aromatic rings. The van der Waals surface area contributed by atoms with E-state index >= 15 is 0 Å². The van der Waals surface area contributed by atoms with Crippen molar-refractivity contribution in [1.82, 2.24) is 10.6 Å². The molecular formula is C18H28N2O5. The van der Waals surface area contributed by atoms with Gasteiger partial charge in [0.25, 0.3) is 5.91 Å². The van der Waals surface area contributed by atoms with Gasteiger partial charge in [-0.25, -0.2) is 4.79 Å². The highest BCUT2D eigenvalue weighted by molar-refractivity contribution is 5.95. The third-order valence-corrected chi connectivity index (χ3v) is 5.71. The molecule has 7 heteroatoms. The lowest BCUT2D eigenvalue weighted by Gasteiger charge is -2.60. The SMILES string of the molecule is CC(C)NC(=O)NC(=O)COC(=O)CC12C[C@@H]3C[C@@H](CC(O)(C3)C1)C2. The fourth-order valence-electron chi connectivity index (χ4n) is 5.57. The summed E-state index contributed by atoms with van der Waals surface area (Å²) in [6, 6.07) is -0.684. The summed E-state index contributed by atoms with van der Waals surface area (Å²) in [6.45, 7) is 3.10. The van der Waals surface area contributed by atoms with E-state index in [2.05, 4.69) is 10.6 Å². The molecule has 0 aliphatic heterocycles. The van der Waals surface area contributed by atoms with Crippen LogP contribution in [0, 0.1) is 17.3 Å². The normalized spacial score (nSPS) is 35.5. The average Bonchev–Trinajstić information content (AvgIpc) is 2.40. The van der Waals surface area contributed by atoms with Crippen LogP contribution in [0.1, 0.15) is 58.8 Å². The summed E-state index contributed by atoms with van der Waals surface area (Å²) in [5, 5.41) is 15.4. The molecule has 140 valence electrons. The van der Waals surface area contributed by atoms with Gasteiger partial charge in [-0.15, -0.1) is 0 Å². The van der Waals surface area contributed by atoms with Gasteiger partial charge in [-0.05, 0) is 69.6 Å². The van der Waals surface area contributed by atoms with Crippen LogP contribution in [-0.2, 0) is 14.3 Å². The van der Waals surface area contributed by atoms with Gasteiger partial charge in [-0.1, -0.05) is 0 Å². The lowest BCUT2D eigenvalue weighted by atomic mass is 9.47. The Morgan fingerprint density at radius 2 is 1.80 bits per heavy atom. The Balaban J connectivity index is 1.47. The number of carbonyl (C=O) groups excluding carboxylic acids is 3. The maximum absolute atomic E-state index is 12.2. The molecule has 4 aliphatic carbocycles. The largest absolute Gasteiger partial charge is 0.456 e. The minimum Gasteiger partial charge on any atom is -0.456 e. The molecule has 0 radical (unpaired) electrons. The van der Waals surface area contributed by atoms with Gasteiger partial charge in [0.15, 0.2) is 6.61 Å². The predicted octanol–water partition coefficient (Wildman–Crippen LogP) is 1.49. The fraction of sp³-hybridized carbons (Fsp3) is 0.833. The van der Waals surface area contributed by atoms with Gasteiger partial charge >= 0.3 is 12.0 Å². The van der Waals surface area contributed by atoms with Crippen LogP contribution in [0.25, 0.3) is 0 Å². The molecule has 0 heterocycles. The molecule has 3 amide bonds. The van der Waals surface area contributed by atoms with Crippen LogP contribution < -0.4 is 10.6 Å². The van der Waals surface area contributed by atoms with Crippen molar-refractivity contribution >= 4 is 17.9 Å². The first kappa shape index (κ1) is 18.2. The summed E-state index contributed by atoms with van der Waals surface area (Å²) in [4.78, 5) is 35.3. The second kappa shape index (κ2) is 6.59. The molecule has 3 N–H and O–H groups in total. The smallest absolute Gasteiger partial charge is 0.321 e. The van der Waals surface area contributed by atoms with Crippen molar-refractivity contribution in [3.05, 3.63) is 0 Å². The standard InChI is InChI=1S/C18H28N2O5/c1-11(2)19-16(23)20-14(21)9-25-15(22)8-17-4-12-3-13(5-17)7-18(24,6-12)10-17/h11-13,24H,3-10H2,1-2H3,(H2,19,20,21,23)/t12-,13+,17?,18?. The highest BCUT2D eigenvalue weighted by atomic mass is 16.5. The lowest BCUT2D eigenvalue weighted by Crippen LogP contribution is -2.56. The molecule has 0 aromatic carbocycles. The van der Waals surface area contributed by atoms with Crippen LogP contribution in [0.4, 0.5) is 4.79 Å². The van der Waals surface area contributed by atoms with E-state index in [1.165, 1.54) is 0 Å². The summed E-state index contributed by atoms with van der Waals surface area (Å²) in [5.41, 5.74) is -0.794. The quantitative estimate of drug-likeness (QED) is 0.650. The Morgan fingerprint density at radius 3 is 2.36 bits per heavy atom. The molecule has 4 rings (SSSR count). The van der Waals surface area contributed by atoms with Gasteiger partial charge in [-0.2, -0.15) is 0 Å². The molecule has 4 bridgehead atoms. The van der Waals surface area contributed by atoms with Crippen molar-refractivity contribution in [2.24, 2.45) is 17.3 Å². The number of rotatable bonds is 5. The topological polar surface area (TPSA) is 105 Å². The Labute approximate surface area is 147 Å². The molecule has 4 saturated carbocycles. The number of ether oxygens (including phenoxy) is 1. The Bertz CT molecular complexity index is 560. The molecule has 4 fully saturated rings. The number of amides is 3. The van der Waals surface area contributed by atoms with Gasteiger partial charge in [0.1, 0.15) is 0 Å². The molecule has 7 nitrogen and oxygen atoms in total. The Kier molecular flexibility index (Phi) is 4.79. The van der Waals surface area contributed by atoms with Crippen LogP contribution in [-0.4, -0.2) is 41.3 Å². The number of urea groups is 1. The summed E-state index contributed by atoms with van der Waals surface area (Å²) in [6.07, 6.45) is 5.69. The molecule has 4 aliphatic rings. The highest BCUT2D eigenvalue weighted by Gasteiger charge is 2.57. The van der Waals surface area contributed by atoms with Crippen LogP contribution in [0.2, 0.25) is 0 Å². The number of imide groups is 1. The van der Waals surface area contributed by atoms with Gasteiger partial charge in [0.05, 0.1) is 12.0 Å². The first-order valence-electron chi connectivity index (χ1n) is 9.15. The van der Waals surface area contributed by atoms with Crippen molar-refractivity contribution in [3.63, 3.8) is 0 Å². The maximum Gasteiger partial charge on any atom is 0.321 e. The number of hydrogen-bond acceptors (Lipinski definition) is 5. The zero-order chi connectivity index (χ0) is 18.2. The van der Waals surface area contributed by atoms with Crippen molar-refractivity contribution in [3.8, 4) is 0 Å². The van der Waals surface area contributed by atoms with Gasteiger partial charge in [0.2, 0.25) is 0 Å². The van der Waals surface area contributed by atoms with Crippen molar-refractivity contribution in [2.45, 2.75) is 70.4 Å². The van der Waals surface area contributed by atoms with Crippen molar-refractivity contribution in [2.75, 3.05) is 6.61 Å². The minimum absolute atomic E-state index is 0.0859. The number of carbonyl (C=O) groups is 3. The highest BCUT2D eigenvalue weighted by Crippen LogP contribution is 2.62. The minimum atomic E-state index is -0.643. The maximum atomic E-state index is 12.2. The van der Waals surface area contributed by atoms with E-state index in [0.717, 1.165) is 32.1 Å². The van der Waals surface area contributed by atoms with Crippen molar-refractivity contribution < 1.29 is 24.2 Å². The number of esters is 1. The number of hydrogen-bond donors (Lipinski definition) is 3. The third-order valence-electron chi connectivity index (χ3n) is 5.71.